The Kier molecular flexibility index (Phi) is 4.45. The predicted molar refractivity (Wildman–Crippen MR) is 63.1 cm³/mol. The van der Waals surface area contributed by atoms with E-state index in [0.717, 1.165) is 12.8 Å². The lowest BCUT2D eigenvalue weighted by atomic mass is 10.0. The smallest absolute Gasteiger partial charge is 0.176 e. The summed E-state index contributed by atoms with van der Waals surface area (Å²) >= 11 is 3.34. The van der Waals surface area contributed by atoms with Crippen LogP contribution in [0.1, 0.15) is 35.7 Å². The molecular weight excluding hydrogens is 259 g/mol. The lowest BCUT2D eigenvalue weighted by Gasteiger charge is -2.08. The van der Waals surface area contributed by atoms with Gasteiger partial charge in [0.15, 0.2) is 5.78 Å². The van der Waals surface area contributed by atoms with Crippen LogP contribution >= 0.6 is 15.9 Å². The molecule has 0 saturated heterocycles. The lowest BCUT2D eigenvalue weighted by molar-refractivity contribution is 0.0988. The van der Waals surface area contributed by atoms with Crippen LogP contribution in [0.3, 0.4) is 0 Å². The van der Waals surface area contributed by atoms with Crippen molar-refractivity contribution in [3.8, 4) is 0 Å². The van der Waals surface area contributed by atoms with Gasteiger partial charge < -0.3 is 0 Å². The first-order valence-corrected chi connectivity index (χ1v) is 5.92. The van der Waals surface area contributed by atoms with Crippen molar-refractivity contribution in [1.82, 2.24) is 0 Å². The van der Waals surface area contributed by atoms with Gasteiger partial charge in [0, 0.05) is 5.56 Å². The fraction of sp³-hybridized carbons (Fsp3) is 0.417. The standard InChI is InChI=1S/C12H14BrFO/c1-3-4-10(13)12(15)9-5-6-11(14)8(2)7-9/h5-7,10H,3-4H2,1-2H3. The predicted octanol–water partition coefficient (Wildman–Crippen LogP) is 3.88. The highest BCUT2D eigenvalue weighted by Gasteiger charge is 2.16. The van der Waals surface area contributed by atoms with Crippen molar-refractivity contribution in [1.29, 1.82) is 0 Å². The highest BCUT2D eigenvalue weighted by Crippen LogP contribution is 2.17. The van der Waals surface area contributed by atoms with Crippen LogP contribution in [0, 0.1) is 12.7 Å². The molecule has 0 bridgehead atoms. The normalized spacial score (nSPS) is 12.5. The van der Waals surface area contributed by atoms with Gasteiger partial charge in [0.05, 0.1) is 4.83 Å². The molecule has 1 unspecified atom stereocenters. The molecule has 0 saturated carbocycles. The largest absolute Gasteiger partial charge is 0.293 e. The number of ketones is 1. The highest BCUT2D eigenvalue weighted by molar-refractivity contribution is 9.10. The molecule has 0 heterocycles. The number of hydrogen-bond acceptors (Lipinski definition) is 1. The van der Waals surface area contributed by atoms with E-state index in [1.54, 1.807) is 13.0 Å². The van der Waals surface area contributed by atoms with E-state index < -0.39 is 0 Å². The first-order chi connectivity index (χ1) is 7.06. The molecule has 82 valence electrons. The average molecular weight is 273 g/mol. The van der Waals surface area contributed by atoms with Crippen molar-refractivity contribution in [2.45, 2.75) is 31.5 Å². The highest BCUT2D eigenvalue weighted by atomic mass is 79.9. The van der Waals surface area contributed by atoms with Crippen LogP contribution in [0.5, 0.6) is 0 Å². The van der Waals surface area contributed by atoms with Gasteiger partial charge in [-0.1, -0.05) is 29.3 Å². The molecule has 0 N–H and O–H groups in total. The molecule has 0 amide bonds. The Bertz CT molecular complexity index is 363. The Balaban J connectivity index is 2.87. The van der Waals surface area contributed by atoms with Gasteiger partial charge in [0.2, 0.25) is 0 Å². The molecule has 1 aromatic carbocycles. The molecule has 0 aliphatic heterocycles. The Hall–Kier alpha value is -0.700. The molecule has 15 heavy (non-hydrogen) atoms. The van der Waals surface area contributed by atoms with Crippen LogP contribution in [0.15, 0.2) is 18.2 Å². The van der Waals surface area contributed by atoms with E-state index in [1.807, 2.05) is 6.92 Å². The van der Waals surface area contributed by atoms with Crippen LogP contribution < -0.4 is 0 Å². The number of carbonyl (C=O) groups excluding carboxylic acids is 1. The number of carbonyl (C=O) groups is 1. The Morgan fingerprint density at radius 1 is 1.53 bits per heavy atom. The fourth-order valence-electron chi connectivity index (χ4n) is 1.36. The minimum Gasteiger partial charge on any atom is -0.293 e. The van der Waals surface area contributed by atoms with Gasteiger partial charge in [-0.3, -0.25) is 4.79 Å². The zero-order valence-electron chi connectivity index (χ0n) is 8.89. The average Bonchev–Trinajstić information content (AvgIpc) is 2.21. The van der Waals surface area contributed by atoms with Crippen molar-refractivity contribution in [2.75, 3.05) is 0 Å². The topological polar surface area (TPSA) is 17.1 Å². The number of aryl methyl sites for hydroxylation is 1. The number of halogens is 2. The van der Waals surface area contributed by atoms with Crippen molar-refractivity contribution in [2.24, 2.45) is 0 Å². The molecule has 0 aromatic heterocycles. The maximum Gasteiger partial charge on any atom is 0.176 e. The molecule has 0 radical (unpaired) electrons. The summed E-state index contributed by atoms with van der Waals surface area (Å²) in [6, 6.07) is 4.48. The Labute approximate surface area is 97.8 Å². The van der Waals surface area contributed by atoms with E-state index in [1.165, 1.54) is 12.1 Å². The molecule has 1 nitrogen and oxygen atoms in total. The zero-order chi connectivity index (χ0) is 11.4. The van der Waals surface area contributed by atoms with Crippen molar-refractivity contribution >= 4 is 21.7 Å². The second-order valence-corrected chi connectivity index (χ2v) is 4.69. The van der Waals surface area contributed by atoms with Crippen molar-refractivity contribution < 1.29 is 9.18 Å². The van der Waals surface area contributed by atoms with Gasteiger partial charge in [-0.25, -0.2) is 4.39 Å². The minimum absolute atomic E-state index is 0.0277. The first-order valence-electron chi connectivity index (χ1n) is 5.00. The molecule has 3 heteroatoms. The summed E-state index contributed by atoms with van der Waals surface area (Å²) in [6.45, 7) is 3.69. The molecule has 0 fully saturated rings. The molecular formula is C12H14BrFO. The van der Waals surface area contributed by atoms with E-state index in [4.69, 9.17) is 0 Å². The second-order valence-electron chi connectivity index (χ2n) is 3.58. The fourth-order valence-corrected chi connectivity index (χ4v) is 2.09. The van der Waals surface area contributed by atoms with E-state index in [9.17, 15) is 9.18 Å². The number of benzene rings is 1. The summed E-state index contributed by atoms with van der Waals surface area (Å²) in [5, 5.41) is 0. The van der Waals surface area contributed by atoms with E-state index >= 15 is 0 Å². The minimum atomic E-state index is -0.270. The van der Waals surface area contributed by atoms with Crippen LogP contribution in [-0.2, 0) is 0 Å². The molecule has 0 spiro atoms. The molecule has 0 aliphatic rings. The molecule has 1 atom stereocenters. The zero-order valence-corrected chi connectivity index (χ0v) is 10.5. The Morgan fingerprint density at radius 2 is 2.20 bits per heavy atom. The summed E-state index contributed by atoms with van der Waals surface area (Å²) < 4.78 is 13.0. The SMILES string of the molecule is CCCC(Br)C(=O)c1ccc(F)c(C)c1. The van der Waals surface area contributed by atoms with Gasteiger partial charge in [0.1, 0.15) is 5.82 Å². The van der Waals surface area contributed by atoms with Gasteiger partial charge in [-0.15, -0.1) is 0 Å². The first kappa shape index (κ1) is 12.4. The molecule has 0 aliphatic carbocycles. The summed E-state index contributed by atoms with van der Waals surface area (Å²) in [7, 11) is 0. The summed E-state index contributed by atoms with van der Waals surface area (Å²) in [4.78, 5) is 11.7. The number of alkyl halides is 1. The van der Waals surface area contributed by atoms with Gasteiger partial charge >= 0.3 is 0 Å². The maximum absolute atomic E-state index is 13.0. The van der Waals surface area contributed by atoms with Crippen molar-refractivity contribution in [3.63, 3.8) is 0 Å². The number of rotatable bonds is 4. The summed E-state index contributed by atoms with van der Waals surface area (Å²) in [5.41, 5.74) is 1.08. The maximum atomic E-state index is 13.0. The number of Topliss-reactive ketones (excluding diaryl/α,β-unsaturated/α-hetero) is 1. The van der Waals surface area contributed by atoms with Gasteiger partial charge in [-0.2, -0.15) is 0 Å². The monoisotopic (exact) mass is 272 g/mol. The summed E-state index contributed by atoms with van der Waals surface area (Å²) in [5.74, 6) is -0.242. The van der Waals surface area contributed by atoms with E-state index in [2.05, 4.69) is 15.9 Å². The van der Waals surface area contributed by atoms with Gasteiger partial charge in [-0.05, 0) is 37.1 Å². The van der Waals surface area contributed by atoms with Crippen LogP contribution in [0.2, 0.25) is 0 Å². The quantitative estimate of drug-likeness (QED) is 0.601. The van der Waals surface area contributed by atoms with Crippen LogP contribution in [0.25, 0.3) is 0 Å². The van der Waals surface area contributed by atoms with Crippen LogP contribution in [-0.4, -0.2) is 10.6 Å². The summed E-state index contributed by atoms with van der Waals surface area (Å²) in [6.07, 6.45) is 1.75. The Morgan fingerprint density at radius 3 is 2.73 bits per heavy atom. The number of hydrogen-bond donors (Lipinski definition) is 0. The molecule has 1 rings (SSSR count). The molecule has 1 aromatic rings. The lowest BCUT2D eigenvalue weighted by Crippen LogP contribution is -2.14. The van der Waals surface area contributed by atoms with Crippen LogP contribution in [0.4, 0.5) is 4.39 Å². The van der Waals surface area contributed by atoms with E-state index in [-0.39, 0.29) is 16.4 Å². The third kappa shape index (κ3) is 3.13. The van der Waals surface area contributed by atoms with E-state index in [0.29, 0.717) is 11.1 Å². The third-order valence-electron chi connectivity index (χ3n) is 2.27. The van der Waals surface area contributed by atoms with Gasteiger partial charge in [0.25, 0.3) is 0 Å². The third-order valence-corrected chi connectivity index (χ3v) is 3.14. The van der Waals surface area contributed by atoms with Crippen molar-refractivity contribution in [3.05, 3.63) is 35.1 Å². The second kappa shape index (κ2) is 5.40.